The second kappa shape index (κ2) is 10.1. The largest absolute Gasteiger partial charge is 0.401 e. The second-order valence-electron chi connectivity index (χ2n) is 10.7. The molecule has 4 aliphatic rings. The van der Waals surface area contributed by atoms with E-state index in [1.54, 1.807) is 12.1 Å². The molecule has 196 valence electrons. The van der Waals surface area contributed by atoms with Crippen molar-refractivity contribution in [1.82, 2.24) is 25.6 Å². The van der Waals surface area contributed by atoms with Gasteiger partial charge in [0.15, 0.2) is 0 Å². The highest BCUT2D eigenvalue weighted by Gasteiger charge is 2.52. The maximum atomic E-state index is 15.5. The van der Waals surface area contributed by atoms with Crippen LogP contribution in [0, 0.1) is 23.7 Å². The molecule has 4 unspecified atom stereocenters. The number of anilines is 1. The van der Waals surface area contributed by atoms with Crippen LogP contribution in [0.15, 0.2) is 12.1 Å². The normalized spacial score (nSPS) is 34.3. The van der Waals surface area contributed by atoms with Gasteiger partial charge in [0.2, 0.25) is 5.95 Å². The molecule has 0 amide bonds. The van der Waals surface area contributed by atoms with Crippen molar-refractivity contribution < 1.29 is 22.0 Å². The number of hydrazine groups is 1. The quantitative estimate of drug-likeness (QED) is 0.392. The Morgan fingerprint density at radius 3 is 2.66 bits per heavy atom. The Kier molecular flexibility index (Phi) is 7.22. The highest BCUT2D eigenvalue weighted by atomic mass is 19.4. The first-order valence-corrected chi connectivity index (χ1v) is 12.8. The molecule has 6 nitrogen and oxygen atoms in total. The van der Waals surface area contributed by atoms with Gasteiger partial charge in [-0.05, 0) is 62.5 Å². The van der Waals surface area contributed by atoms with Gasteiger partial charge in [0.1, 0.15) is 5.82 Å². The molecular weight excluding hydrogens is 467 g/mol. The molecule has 0 spiro atoms. The standard InChI is InChI=1S/C24H35F5N6/c1-14-9-18-16(3-5-20-19(18)10-30-33-20)22(35(14)13-24(27,28)29)17-4-6-21(32-23(17)26)31-15-11-34(12-15)8-2-7-25/h4,6,14-16,18-20,22,30,33H,2-3,5,7-13H2,1H3,(H,31,32)/t14-,16?,18?,19?,20?,22+/m1/s1. The lowest BCUT2D eigenvalue weighted by molar-refractivity contribution is -0.172. The Labute approximate surface area is 203 Å². The number of aromatic nitrogens is 1. The van der Waals surface area contributed by atoms with Crippen molar-refractivity contribution in [2.75, 3.05) is 44.7 Å². The molecule has 3 saturated heterocycles. The Morgan fingerprint density at radius 2 is 1.94 bits per heavy atom. The summed E-state index contributed by atoms with van der Waals surface area (Å²) in [5.74, 6) is 0.198. The molecule has 1 aromatic rings. The molecule has 4 fully saturated rings. The van der Waals surface area contributed by atoms with Gasteiger partial charge < -0.3 is 5.32 Å². The Morgan fingerprint density at radius 1 is 1.14 bits per heavy atom. The third kappa shape index (κ3) is 5.28. The lowest BCUT2D eigenvalue weighted by Crippen LogP contribution is -2.56. The second-order valence-corrected chi connectivity index (χ2v) is 10.7. The maximum absolute atomic E-state index is 15.5. The van der Waals surface area contributed by atoms with E-state index in [2.05, 4.69) is 26.1 Å². The Hall–Kier alpha value is -1.56. The van der Waals surface area contributed by atoms with Gasteiger partial charge in [-0.1, -0.05) is 0 Å². The van der Waals surface area contributed by atoms with Crippen molar-refractivity contribution in [2.45, 2.75) is 63.0 Å². The lowest BCUT2D eigenvalue weighted by Gasteiger charge is -2.54. The molecular formula is C24H35F5N6. The van der Waals surface area contributed by atoms with Crippen molar-refractivity contribution in [3.05, 3.63) is 23.6 Å². The molecule has 1 aromatic heterocycles. The molecule has 0 radical (unpaired) electrons. The van der Waals surface area contributed by atoms with Crippen LogP contribution in [0.1, 0.15) is 44.2 Å². The number of piperidine rings is 1. The van der Waals surface area contributed by atoms with Crippen molar-refractivity contribution in [1.29, 1.82) is 0 Å². The van der Waals surface area contributed by atoms with E-state index in [1.165, 1.54) is 4.90 Å². The maximum Gasteiger partial charge on any atom is 0.401 e. The van der Waals surface area contributed by atoms with Gasteiger partial charge in [-0.25, -0.2) is 4.98 Å². The summed E-state index contributed by atoms with van der Waals surface area (Å²) in [6, 6.07) is 2.76. The first kappa shape index (κ1) is 25.1. The number of hydrogen-bond acceptors (Lipinski definition) is 6. The van der Waals surface area contributed by atoms with Crippen LogP contribution in [0.3, 0.4) is 0 Å². The van der Waals surface area contributed by atoms with Crippen LogP contribution in [0.5, 0.6) is 0 Å². The van der Waals surface area contributed by atoms with E-state index in [0.717, 1.165) is 32.5 Å². The predicted octanol–water partition coefficient (Wildman–Crippen LogP) is 3.49. The Balaban J connectivity index is 1.36. The van der Waals surface area contributed by atoms with Gasteiger partial charge >= 0.3 is 6.18 Å². The van der Waals surface area contributed by atoms with Gasteiger partial charge in [-0.2, -0.15) is 17.6 Å². The van der Waals surface area contributed by atoms with Crippen molar-refractivity contribution >= 4 is 5.82 Å². The smallest absolute Gasteiger partial charge is 0.365 e. The van der Waals surface area contributed by atoms with Crippen molar-refractivity contribution in [3.8, 4) is 0 Å². The SMILES string of the molecule is C[C@@H]1CC2C3CNNC3CCC2[C@@H](c2ccc(NC3CN(CCCF)C3)nc2F)N1CC(F)(F)F. The van der Waals surface area contributed by atoms with E-state index in [-0.39, 0.29) is 36.2 Å². The van der Waals surface area contributed by atoms with Crippen molar-refractivity contribution in [2.24, 2.45) is 17.8 Å². The number of pyridine rings is 1. The number of hydrogen-bond donors (Lipinski definition) is 3. The van der Waals surface area contributed by atoms with Gasteiger partial charge in [0.05, 0.1) is 19.3 Å². The first-order valence-electron chi connectivity index (χ1n) is 12.8. The summed E-state index contributed by atoms with van der Waals surface area (Å²) in [6.07, 6.45) is -1.58. The number of fused-ring (bicyclic) bond motifs is 3. The third-order valence-electron chi connectivity index (χ3n) is 8.47. The van der Waals surface area contributed by atoms with Crippen LogP contribution in [0.4, 0.5) is 27.8 Å². The zero-order valence-corrected chi connectivity index (χ0v) is 20.0. The zero-order chi connectivity index (χ0) is 24.7. The summed E-state index contributed by atoms with van der Waals surface area (Å²) >= 11 is 0. The minimum Gasteiger partial charge on any atom is -0.365 e. The average molecular weight is 503 g/mol. The van der Waals surface area contributed by atoms with Crippen LogP contribution in [-0.2, 0) is 0 Å². The molecule has 5 rings (SSSR count). The molecule has 0 bridgehead atoms. The Bertz CT molecular complexity index is 878. The summed E-state index contributed by atoms with van der Waals surface area (Å²) in [5, 5.41) is 3.20. The van der Waals surface area contributed by atoms with Crippen LogP contribution in [-0.4, -0.2) is 78.5 Å². The van der Waals surface area contributed by atoms with E-state index in [1.807, 2.05) is 6.92 Å². The number of likely N-dealkylation sites (tertiary alicyclic amines) is 2. The van der Waals surface area contributed by atoms with Crippen LogP contribution >= 0.6 is 0 Å². The van der Waals surface area contributed by atoms with E-state index in [9.17, 15) is 17.6 Å². The molecule has 35 heavy (non-hydrogen) atoms. The molecule has 0 aromatic carbocycles. The molecule has 3 aliphatic heterocycles. The summed E-state index contributed by atoms with van der Waals surface area (Å²) in [7, 11) is 0. The van der Waals surface area contributed by atoms with Crippen LogP contribution < -0.4 is 16.2 Å². The van der Waals surface area contributed by atoms with Gasteiger partial charge in [0, 0.05) is 49.9 Å². The summed E-state index contributed by atoms with van der Waals surface area (Å²) < 4.78 is 68.6. The fourth-order valence-electron chi connectivity index (χ4n) is 6.94. The summed E-state index contributed by atoms with van der Waals surface area (Å²) in [5.41, 5.74) is 6.79. The number of nitrogens with one attached hydrogen (secondary N) is 3. The van der Waals surface area contributed by atoms with Gasteiger partial charge in [0.25, 0.3) is 0 Å². The highest BCUT2D eigenvalue weighted by molar-refractivity contribution is 5.39. The monoisotopic (exact) mass is 502 g/mol. The summed E-state index contributed by atoms with van der Waals surface area (Å²) in [6.45, 7) is 3.39. The zero-order valence-electron chi connectivity index (χ0n) is 20.0. The molecule has 1 aliphatic carbocycles. The predicted molar refractivity (Wildman–Crippen MR) is 123 cm³/mol. The number of alkyl halides is 4. The fourth-order valence-corrected chi connectivity index (χ4v) is 6.94. The van der Waals surface area contributed by atoms with E-state index >= 15 is 4.39 Å². The van der Waals surface area contributed by atoms with Crippen LogP contribution in [0.2, 0.25) is 0 Å². The van der Waals surface area contributed by atoms with Crippen LogP contribution in [0.25, 0.3) is 0 Å². The van der Waals surface area contributed by atoms with Gasteiger partial charge in [-0.15, -0.1) is 0 Å². The van der Waals surface area contributed by atoms with E-state index in [4.69, 9.17) is 0 Å². The minimum atomic E-state index is -4.36. The highest BCUT2D eigenvalue weighted by Crippen LogP contribution is 2.52. The number of halogens is 5. The molecule has 1 saturated carbocycles. The summed E-state index contributed by atoms with van der Waals surface area (Å²) in [4.78, 5) is 7.70. The first-order chi connectivity index (χ1) is 16.7. The molecule has 6 atom stereocenters. The molecule has 11 heteroatoms. The average Bonchev–Trinajstić information content (AvgIpc) is 3.25. The third-order valence-corrected chi connectivity index (χ3v) is 8.47. The minimum absolute atomic E-state index is 0.0534. The topological polar surface area (TPSA) is 55.5 Å². The number of rotatable bonds is 7. The van der Waals surface area contributed by atoms with E-state index < -0.39 is 24.7 Å². The molecule has 4 heterocycles. The lowest BCUT2D eigenvalue weighted by atomic mass is 9.62. The molecule has 3 N–H and O–H groups in total. The van der Waals surface area contributed by atoms with Crippen molar-refractivity contribution in [3.63, 3.8) is 0 Å². The fraction of sp³-hybridized carbons (Fsp3) is 0.792. The number of nitrogens with zero attached hydrogens (tertiary/aromatic N) is 3. The van der Waals surface area contributed by atoms with E-state index in [0.29, 0.717) is 37.2 Å². The van der Waals surface area contributed by atoms with Gasteiger partial charge in [-0.3, -0.25) is 25.0 Å².